The lowest BCUT2D eigenvalue weighted by Gasteiger charge is -2.31. The molecule has 0 aliphatic rings. The highest BCUT2D eigenvalue weighted by molar-refractivity contribution is 7.98. The maximum atomic E-state index is 12.4. The average Bonchev–Trinajstić information content (AvgIpc) is 2.55. The molecule has 0 spiro atoms. The number of rotatable bonds is 10. The molecule has 0 aliphatic carbocycles. The third-order valence-electron chi connectivity index (χ3n) is 3.46. The molecule has 0 saturated carbocycles. The second kappa shape index (κ2) is 10.8. The average molecular weight is 344 g/mol. The predicted octanol–water partition coefficient (Wildman–Crippen LogP) is 2.46. The molecule has 1 N–H and O–H groups in total. The smallest absolute Gasteiger partial charge is 0.224 e. The first-order valence-electron chi connectivity index (χ1n) is 7.29. The van der Waals surface area contributed by atoms with Gasteiger partial charge in [-0.25, -0.2) is 0 Å². The molecular weight excluding hydrogens is 318 g/mol. The van der Waals surface area contributed by atoms with E-state index in [-0.39, 0.29) is 18.6 Å². The minimum atomic E-state index is -0.151. The van der Waals surface area contributed by atoms with E-state index in [1.54, 1.807) is 23.8 Å². The number of benzene rings is 1. The van der Waals surface area contributed by atoms with Crippen molar-refractivity contribution < 1.29 is 14.6 Å². The third kappa shape index (κ3) is 6.10. The van der Waals surface area contributed by atoms with Gasteiger partial charge in [0.15, 0.2) is 0 Å². The Labute approximate surface area is 142 Å². The maximum Gasteiger partial charge on any atom is 0.224 e. The summed E-state index contributed by atoms with van der Waals surface area (Å²) in [4.78, 5) is 14.1. The van der Waals surface area contributed by atoms with Gasteiger partial charge in [-0.15, -0.1) is 0 Å². The van der Waals surface area contributed by atoms with Gasteiger partial charge < -0.3 is 14.7 Å². The summed E-state index contributed by atoms with van der Waals surface area (Å²) in [6.07, 6.45) is 3.19. The van der Waals surface area contributed by atoms with Crippen LogP contribution >= 0.6 is 24.4 Å². The third-order valence-corrected chi connectivity index (χ3v) is 4.33. The van der Waals surface area contributed by atoms with Crippen LogP contribution in [0, 0.1) is 0 Å². The van der Waals surface area contributed by atoms with Crippen LogP contribution in [0.1, 0.15) is 18.4 Å². The molecule has 6 heteroatoms. The number of methoxy groups -OCH3 is 1. The van der Waals surface area contributed by atoms with Gasteiger partial charge in [0.2, 0.25) is 5.91 Å². The normalized spacial score (nSPS) is 12.0. The molecule has 1 aromatic carbocycles. The SMILES string of the molecule is COc1ccc(CN(C(=O)CCS)[C@H](CO)CCSC)cc1. The van der Waals surface area contributed by atoms with Crippen LogP contribution in [-0.2, 0) is 11.3 Å². The van der Waals surface area contributed by atoms with E-state index in [1.807, 2.05) is 30.5 Å². The Morgan fingerprint density at radius 3 is 2.59 bits per heavy atom. The Hall–Kier alpha value is -0.850. The van der Waals surface area contributed by atoms with E-state index in [2.05, 4.69) is 12.6 Å². The molecule has 0 saturated heterocycles. The molecule has 0 bridgehead atoms. The molecule has 0 heterocycles. The van der Waals surface area contributed by atoms with Crippen LogP contribution in [-0.4, -0.2) is 53.4 Å². The molecule has 0 unspecified atom stereocenters. The highest BCUT2D eigenvalue weighted by atomic mass is 32.2. The highest BCUT2D eigenvalue weighted by Crippen LogP contribution is 2.17. The molecule has 1 aromatic rings. The molecule has 1 rings (SSSR count). The van der Waals surface area contributed by atoms with Gasteiger partial charge in [0, 0.05) is 13.0 Å². The van der Waals surface area contributed by atoms with E-state index in [9.17, 15) is 9.90 Å². The number of ether oxygens (including phenoxy) is 1. The summed E-state index contributed by atoms with van der Waals surface area (Å²) >= 11 is 5.86. The Balaban J connectivity index is 2.85. The van der Waals surface area contributed by atoms with Crippen LogP contribution in [0.25, 0.3) is 0 Å². The number of carbonyl (C=O) groups is 1. The zero-order chi connectivity index (χ0) is 16.4. The number of amides is 1. The van der Waals surface area contributed by atoms with Gasteiger partial charge >= 0.3 is 0 Å². The van der Waals surface area contributed by atoms with Crippen molar-refractivity contribution in [3.8, 4) is 5.75 Å². The van der Waals surface area contributed by atoms with Gasteiger partial charge in [0.05, 0.1) is 19.8 Å². The fourth-order valence-electron chi connectivity index (χ4n) is 2.19. The summed E-state index contributed by atoms with van der Waals surface area (Å²) in [6, 6.07) is 7.51. The largest absolute Gasteiger partial charge is 0.497 e. The van der Waals surface area contributed by atoms with E-state index < -0.39 is 0 Å². The quantitative estimate of drug-likeness (QED) is 0.641. The zero-order valence-corrected chi connectivity index (χ0v) is 14.9. The van der Waals surface area contributed by atoms with Crippen molar-refractivity contribution in [2.75, 3.05) is 31.5 Å². The van der Waals surface area contributed by atoms with E-state index >= 15 is 0 Å². The minimum absolute atomic E-state index is 0.0188. The Morgan fingerprint density at radius 2 is 2.09 bits per heavy atom. The van der Waals surface area contributed by atoms with Gasteiger partial charge in [-0.2, -0.15) is 24.4 Å². The van der Waals surface area contributed by atoms with Crippen LogP contribution in [0.4, 0.5) is 0 Å². The first kappa shape index (κ1) is 19.2. The van der Waals surface area contributed by atoms with Crippen molar-refractivity contribution in [1.82, 2.24) is 4.90 Å². The number of aliphatic hydroxyl groups is 1. The molecule has 0 radical (unpaired) electrons. The van der Waals surface area contributed by atoms with Crippen molar-refractivity contribution >= 4 is 30.3 Å². The highest BCUT2D eigenvalue weighted by Gasteiger charge is 2.22. The lowest BCUT2D eigenvalue weighted by molar-refractivity contribution is -0.134. The molecule has 124 valence electrons. The Morgan fingerprint density at radius 1 is 1.41 bits per heavy atom. The van der Waals surface area contributed by atoms with Gasteiger partial charge in [0.1, 0.15) is 5.75 Å². The molecule has 0 fully saturated rings. The maximum absolute atomic E-state index is 12.4. The molecule has 0 aliphatic heterocycles. The van der Waals surface area contributed by atoms with Crippen LogP contribution in [0.15, 0.2) is 24.3 Å². The molecule has 22 heavy (non-hydrogen) atoms. The number of thiol groups is 1. The second-order valence-electron chi connectivity index (χ2n) is 4.96. The van der Waals surface area contributed by atoms with E-state index in [1.165, 1.54) is 0 Å². The Bertz CT molecular complexity index is 440. The number of thioether (sulfide) groups is 1. The standard InChI is InChI=1S/C16H25NO3S2/c1-20-15-5-3-13(4-6-15)11-17(16(19)7-9-21)14(12-18)8-10-22-2/h3-6,14,18,21H,7-12H2,1-2H3/t14-/m0/s1. The number of carbonyl (C=O) groups excluding carboxylic acids is 1. The van der Waals surface area contributed by atoms with Crippen LogP contribution < -0.4 is 4.74 Å². The first-order chi connectivity index (χ1) is 10.7. The fraction of sp³-hybridized carbons (Fsp3) is 0.562. The summed E-state index contributed by atoms with van der Waals surface area (Å²) in [5, 5.41) is 9.66. The summed E-state index contributed by atoms with van der Waals surface area (Å²) in [5.74, 6) is 2.25. The van der Waals surface area contributed by atoms with Crippen LogP contribution in [0.3, 0.4) is 0 Å². The first-order valence-corrected chi connectivity index (χ1v) is 9.32. The van der Waals surface area contributed by atoms with Gasteiger partial charge in [-0.3, -0.25) is 4.79 Å². The van der Waals surface area contributed by atoms with E-state index in [4.69, 9.17) is 4.74 Å². The van der Waals surface area contributed by atoms with Gasteiger partial charge in [-0.05, 0) is 41.9 Å². The summed E-state index contributed by atoms with van der Waals surface area (Å²) < 4.78 is 5.15. The zero-order valence-electron chi connectivity index (χ0n) is 13.2. The number of hydrogen-bond acceptors (Lipinski definition) is 5. The monoisotopic (exact) mass is 343 g/mol. The number of hydrogen-bond donors (Lipinski definition) is 2. The van der Waals surface area contributed by atoms with Crippen molar-refractivity contribution in [1.29, 1.82) is 0 Å². The number of aliphatic hydroxyl groups excluding tert-OH is 1. The van der Waals surface area contributed by atoms with Crippen molar-refractivity contribution in [3.63, 3.8) is 0 Å². The minimum Gasteiger partial charge on any atom is -0.497 e. The summed E-state index contributed by atoms with van der Waals surface area (Å²) in [6.45, 7) is 0.477. The van der Waals surface area contributed by atoms with Gasteiger partial charge in [-0.1, -0.05) is 12.1 Å². The van der Waals surface area contributed by atoms with E-state index in [0.29, 0.717) is 18.7 Å². The van der Waals surface area contributed by atoms with E-state index in [0.717, 1.165) is 23.5 Å². The lowest BCUT2D eigenvalue weighted by atomic mass is 10.1. The molecule has 1 amide bonds. The van der Waals surface area contributed by atoms with Crippen molar-refractivity contribution in [2.24, 2.45) is 0 Å². The van der Waals surface area contributed by atoms with Crippen LogP contribution in [0.5, 0.6) is 5.75 Å². The molecule has 1 atom stereocenters. The number of nitrogens with zero attached hydrogens (tertiary/aromatic N) is 1. The Kier molecular flexibility index (Phi) is 9.43. The molecule has 0 aromatic heterocycles. The lowest BCUT2D eigenvalue weighted by Crippen LogP contribution is -2.42. The summed E-state index contributed by atoms with van der Waals surface area (Å²) in [5.41, 5.74) is 1.02. The molecule has 4 nitrogen and oxygen atoms in total. The van der Waals surface area contributed by atoms with Crippen LogP contribution in [0.2, 0.25) is 0 Å². The fourth-order valence-corrected chi connectivity index (χ4v) is 2.89. The van der Waals surface area contributed by atoms with Crippen molar-refractivity contribution in [3.05, 3.63) is 29.8 Å². The summed E-state index contributed by atoms with van der Waals surface area (Å²) in [7, 11) is 1.63. The topological polar surface area (TPSA) is 49.8 Å². The van der Waals surface area contributed by atoms with Crippen molar-refractivity contribution in [2.45, 2.75) is 25.4 Å². The predicted molar refractivity (Wildman–Crippen MR) is 95.9 cm³/mol. The van der Waals surface area contributed by atoms with Gasteiger partial charge in [0.25, 0.3) is 0 Å². The second-order valence-corrected chi connectivity index (χ2v) is 6.39. The molecular formula is C16H25NO3S2.